The van der Waals surface area contributed by atoms with Gasteiger partial charge in [-0.05, 0) is 56.6 Å². The largest absolute Gasteiger partial charge is 0.496 e. The zero-order valence-corrected chi connectivity index (χ0v) is 18.6. The van der Waals surface area contributed by atoms with E-state index < -0.39 is 7.92 Å². The van der Waals surface area contributed by atoms with Gasteiger partial charge in [-0.15, -0.1) is 0 Å². The van der Waals surface area contributed by atoms with Crippen molar-refractivity contribution in [3.05, 3.63) is 23.8 Å². The van der Waals surface area contributed by atoms with E-state index in [1.807, 2.05) is 18.2 Å². The molecule has 1 aromatic carbocycles. The second-order valence-corrected chi connectivity index (χ2v) is 10.7. The Balaban J connectivity index is 3.07. The minimum Gasteiger partial charge on any atom is -0.496 e. The molecule has 0 aliphatic carbocycles. The third-order valence-corrected chi connectivity index (χ3v) is 7.17. The Morgan fingerprint density at radius 3 is 2.15 bits per heavy atom. The maximum Gasteiger partial charge on any atom is 0.191 e. The van der Waals surface area contributed by atoms with Crippen molar-refractivity contribution in [2.45, 2.75) is 60.3 Å². The molecule has 4 heteroatoms. The van der Waals surface area contributed by atoms with Crippen molar-refractivity contribution in [3.63, 3.8) is 0 Å². The highest BCUT2D eigenvalue weighted by molar-refractivity contribution is 7.75. The number of hydrogen-bond acceptors (Lipinski definition) is 3. The molecule has 0 heterocycles. The number of carbonyl (C=O) groups is 1. The summed E-state index contributed by atoms with van der Waals surface area (Å²) in [6.45, 7) is 11.3. The summed E-state index contributed by atoms with van der Waals surface area (Å²) in [6, 6.07) is 5.58. The summed E-state index contributed by atoms with van der Waals surface area (Å²) in [5.74, 6) is 1.79. The molecule has 0 aliphatic rings. The fraction of sp³-hybridized carbons (Fsp3) is 0.682. The van der Waals surface area contributed by atoms with Gasteiger partial charge in [-0.1, -0.05) is 53.5 Å². The van der Waals surface area contributed by atoms with Crippen LogP contribution in [0, 0.1) is 11.3 Å². The number of methoxy groups -OCH3 is 2. The van der Waals surface area contributed by atoms with Crippen molar-refractivity contribution in [3.8, 4) is 11.5 Å². The first-order valence-corrected chi connectivity index (χ1v) is 11.4. The molecule has 148 valence electrons. The molecule has 2 unspecified atom stereocenters. The second-order valence-electron chi connectivity index (χ2n) is 8.37. The van der Waals surface area contributed by atoms with Crippen LogP contribution in [-0.4, -0.2) is 32.1 Å². The predicted octanol–water partition coefficient (Wildman–Crippen LogP) is 6.59. The Hall–Kier alpha value is -1.08. The highest BCUT2D eigenvalue weighted by Crippen LogP contribution is 2.47. The molecule has 26 heavy (non-hydrogen) atoms. The van der Waals surface area contributed by atoms with Crippen LogP contribution in [-0.2, 0) is 0 Å². The SMILES string of the molecule is CCCCCP(CC(C)CC(C)(C)C)C(=O)c1c(OC)cccc1OC. The highest BCUT2D eigenvalue weighted by Gasteiger charge is 2.28. The van der Waals surface area contributed by atoms with E-state index in [1.54, 1.807) is 14.2 Å². The topological polar surface area (TPSA) is 35.5 Å². The lowest BCUT2D eigenvalue weighted by Crippen LogP contribution is -2.16. The zero-order chi connectivity index (χ0) is 19.7. The first-order valence-electron chi connectivity index (χ1n) is 9.73. The lowest BCUT2D eigenvalue weighted by atomic mass is 9.86. The monoisotopic (exact) mass is 380 g/mol. The molecule has 0 fully saturated rings. The van der Waals surface area contributed by atoms with Crippen LogP contribution in [0.5, 0.6) is 11.5 Å². The quantitative estimate of drug-likeness (QED) is 0.321. The van der Waals surface area contributed by atoms with Crippen LogP contribution in [0.15, 0.2) is 18.2 Å². The molecule has 0 spiro atoms. The van der Waals surface area contributed by atoms with Gasteiger partial charge in [0.05, 0.1) is 14.2 Å². The van der Waals surface area contributed by atoms with Crippen molar-refractivity contribution in [1.82, 2.24) is 0 Å². The summed E-state index contributed by atoms with van der Waals surface area (Å²) in [4.78, 5) is 13.5. The van der Waals surface area contributed by atoms with E-state index in [2.05, 4.69) is 34.6 Å². The van der Waals surface area contributed by atoms with Crippen LogP contribution in [0.3, 0.4) is 0 Å². The zero-order valence-electron chi connectivity index (χ0n) is 17.7. The Bertz CT molecular complexity index is 541. The van der Waals surface area contributed by atoms with Crippen LogP contribution in [0.1, 0.15) is 70.7 Å². The van der Waals surface area contributed by atoms with Gasteiger partial charge in [0.15, 0.2) is 5.52 Å². The van der Waals surface area contributed by atoms with E-state index in [1.165, 1.54) is 12.8 Å². The van der Waals surface area contributed by atoms with Crippen LogP contribution in [0.4, 0.5) is 0 Å². The summed E-state index contributed by atoms with van der Waals surface area (Å²) in [7, 11) is 2.49. The third-order valence-electron chi connectivity index (χ3n) is 4.45. The fourth-order valence-corrected chi connectivity index (χ4v) is 6.11. The van der Waals surface area contributed by atoms with Gasteiger partial charge in [-0.25, -0.2) is 0 Å². The van der Waals surface area contributed by atoms with Crippen molar-refractivity contribution >= 4 is 13.4 Å². The molecule has 0 saturated heterocycles. The number of hydrogen-bond donors (Lipinski definition) is 0. The van der Waals surface area contributed by atoms with Crippen LogP contribution < -0.4 is 9.47 Å². The van der Waals surface area contributed by atoms with Gasteiger partial charge in [0.25, 0.3) is 0 Å². The van der Waals surface area contributed by atoms with E-state index in [0.717, 1.165) is 25.2 Å². The van der Waals surface area contributed by atoms with Crippen molar-refractivity contribution in [1.29, 1.82) is 0 Å². The molecule has 0 radical (unpaired) electrons. The average Bonchev–Trinajstić information content (AvgIpc) is 2.58. The second kappa shape index (κ2) is 10.9. The molecule has 1 aromatic rings. The summed E-state index contributed by atoms with van der Waals surface area (Å²) in [5, 5.41) is 0. The molecule has 0 N–H and O–H groups in total. The third kappa shape index (κ3) is 7.27. The van der Waals surface area contributed by atoms with Gasteiger partial charge in [-0.2, -0.15) is 0 Å². The van der Waals surface area contributed by atoms with Gasteiger partial charge < -0.3 is 9.47 Å². The van der Waals surface area contributed by atoms with Crippen molar-refractivity contribution in [2.75, 3.05) is 26.5 Å². The van der Waals surface area contributed by atoms with Gasteiger partial charge in [0, 0.05) is 0 Å². The summed E-state index contributed by atoms with van der Waals surface area (Å²) < 4.78 is 11.0. The summed E-state index contributed by atoms with van der Waals surface area (Å²) in [5.41, 5.74) is 1.14. The molecule has 0 bridgehead atoms. The first kappa shape index (κ1) is 23.0. The Labute approximate surface area is 161 Å². The van der Waals surface area contributed by atoms with Gasteiger partial charge in [0.2, 0.25) is 0 Å². The standard InChI is InChI=1S/C22H37O3P/c1-8-9-10-14-26(16-17(2)15-22(3,4)5)21(23)20-18(24-6)12-11-13-19(20)25-7/h11-13,17H,8-10,14-16H2,1-7H3. The molecule has 0 aromatic heterocycles. The molecule has 0 saturated carbocycles. The molecule has 1 rings (SSSR count). The lowest BCUT2D eigenvalue weighted by Gasteiger charge is -2.27. The van der Waals surface area contributed by atoms with Crippen molar-refractivity contribution < 1.29 is 14.3 Å². The number of benzene rings is 1. The maximum absolute atomic E-state index is 13.5. The van der Waals surface area contributed by atoms with Gasteiger partial charge in [0.1, 0.15) is 17.1 Å². The Morgan fingerprint density at radius 2 is 1.69 bits per heavy atom. The summed E-state index contributed by atoms with van der Waals surface area (Å²) in [6.07, 6.45) is 6.59. The maximum atomic E-state index is 13.5. The van der Waals surface area contributed by atoms with Crippen LogP contribution >= 0.6 is 7.92 Å². The number of rotatable bonds is 11. The lowest BCUT2D eigenvalue weighted by molar-refractivity contribution is 0.107. The Morgan fingerprint density at radius 1 is 1.12 bits per heavy atom. The fourth-order valence-electron chi connectivity index (χ4n) is 3.53. The first-order chi connectivity index (χ1) is 12.2. The van der Waals surface area contributed by atoms with Crippen LogP contribution in [0.25, 0.3) is 0 Å². The average molecular weight is 381 g/mol. The summed E-state index contributed by atoms with van der Waals surface area (Å²) >= 11 is 0. The van der Waals surface area contributed by atoms with E-state index in [-0.39, 0.29) is 10.9 Å². The molecule has 0 aliphatic heterocycles. The normalized spacial score (nSPS) is 14.0. The predicted molar refractivity (Wildman–Crippen MR) is 113 cm³/mol. The van der Waals surface area contributed by atoms with E-state index in [0.29, 0.717) is 23.0 Å². The van der Waals surface area contributed by atoms with Gasteiger partial charge >= 0.3 is 0 Å². The minimum absolute atomic E-state index is 0.228. The highest BCUT2D eigenvalue weighted by atomic mass is 31.1. The van der Waals surface area contributed by atoms with Gasteiger partial charge in [-0.3, -0.25) is 4.79 Å². The number of carbonyl (C=O) groups excluding carboxylic acids is 1. The molecule has 2 atom stereocenters. The minimum atomic E-state index is -0.745. The van der Waals surface area contributed by atoms with E-state index in [9.17, 15) is 4.79 Å². The molecular formula is C22H37O3P. The van der Waals surface area contributed by atoms with E-state index >= 15 is 0 Å². The molecular weight excluding hydrogens is 343 g/mol. The Kier molecular flexibility index (Phi) is 9.64. The molecule has 3 nitrogen and oxygen atoms in total. The number of ether oxygens (including phenoxy) is 2. The van der Waals surface area contributed by atoms with Crippen LogP contribution in [0.2, 0.25) is 0 Å². The molecule has 0 amide bonds. The van der Waals surface area contributed by atoms with Crippen molar-refractivity contribution in [2.24, 2.45) is 11.3 Å². The number of unbranched alkanes of at least 4 members (excludes halogenated alkanes) is 2. The smallest absolute Gasteiger partial charge is 0.191 e. The van der Waals surface area contributed by atoms with E-state index in [4.69, 9.17) is 9.47 Å².